The SMILES string of the molecule is CC(C)CCC[C@@H](C)[C@H]1CC[C@H]2[C@@H]3CC[C@H]4[C@H](CC=C(F)F)[C@H](O)CC[C@]4(C)[C@H]3CC[C@]12C. The molecule has 4 rings (SSSR count). The molecule has 1 nitrogen and oxygen atoms in total. The Balaban J connectivity index is 1.48. The van der Waals surface area contributed by atoms with E-state index >= 15 is 0 Å². The van der Waals surface area contributed by atoms with Gasteiger partial charge in [0.05, 0.1) is 6.10 Å². The van der Waals surface area contributed by atoms with Crippen molar-refractivity contribution in [3.05, 3.63) is 12.2 Å². The lowest BCUT2D eigenvalue weighted by Crippen LogP contribution is -2.56. The van der Waals surface area contributed by atoms with Gasteiger partial charge in [-0.15, -0.1) is 0 Å². The molecule has 4 aliphatic rings. The van der Waals surface area contributed by atoms with Gasteiger partial charge < -0.3 is 5.11 Å². The van der Waals surface area contributed by atoms with E-state index in [1.165, 1.54) is 51.4 Å². The Morgan fingerprint density at radius 2 is 1.55 bits per heavy atom. The van der Waals surface area contributed by atoms with Crippen molar-refractivity contribution < 1.29 is 13.9 Å². The first-order chi connectivity index (χ1) is 15.6. The predicted molar refractivity (Wildman–Crippen MR) is 133 cm³/mol. The van der Waals surface area contributed by atoms with Gasteiger partial charge in [-0.05, 0) is 122 Å². The van der Waals surface area contributed by atoms with Crippen LogP contribution in [0.15, 0.2) is 12.2 Å². The normalized spacial score (nSPS) is 45.8. The lowest BCUT2D eigenvalue weighted by atomic mass is 9.43. The summed E-state index contributed by atoms with van der Waals surface area (Å²) in [6.45, 7) is 12.3. The highest BCUT2D eigenvalue weighted by atomic mass is 19.3. The second kappa shape index (κ2) is 9.90. The second-order valence-corrected chi connectivity index (χ2v) is 13.6. The Morgan fingerprint density at radius 1 is 0.879 bits per heavy atom. The summed E-state index contributed by atoms with van der Waals surface area (Å²) in [5, 5.41) is 10.7. The van der Waals surface area contributed by atoms with Crippen molar-refractivity contribution in [1.29, 1.82) is 0 Å². The number of hydrogen-bond donors (Lipinski definition) is 1. The lowest BCUT2D eigenvalue weighted by molar-refractivity contribution is -0.152. The van der Waals surface area contributed by atoms with Gasteiger partial charge in [0.1, 0.15) is 0 Å². The lowest BCUT2D eigenvalue weighted by Gasteiger charge is -2.62. The van der Waals surface area contributed by atoms with E-state index in [9.17, 15) is 13.9 Å². The zero-order valence-electron chi connectivity index (χ0n) is 22.0. The Morgan fingerprint density at radius 3 is 2.24 bits per heavy atom. The molecule has 0 heterocycles. The van der Waals surface area contributed by atoms with E-state index in [0.717, 1.165) is 60.8 Å². The third kappa shape index (κ3) is 4.70. The van der Waals surface area contributed by atoms with Crippen molar-refractivity contribution in [2.24, 2.45) is 58.2 Å². The van der Waals surface area contributed by atoms with E-state index in [1.54, 1.807) is 0 Å². The monoisotopic (exact) mass is 464 g/mol. The van der Waals surface area contributed by atoms with E-state index in [1.807, 2.05) is 0 Å². The van der Waals surface area contributed by atoms with Crippen LogP contribution in [0.1, 0.15) is 112 Å². The van der Waals surface area contributed by atoms with Gasteiger partial charge in [-0.3, -0.25) is 0 Å². The first-order valence-corrected chi connectivity index (χ1v) is 14.3. The molecule has 190 valence electrons. The third-order valence-corrected chi connectivity index (χ3v) is 11.7. The van der Waals surface area contributed by atoms with Gasteiger partial charge in [0, 0.05) is 0 Å². The molecule has 0 aliphatic heterocycles. The fraction of sp³-hybridized carbons (Fsp3) is 0.933. The van der Waals surface area contributed by atoms with Crippen LogP contribution < -0.4 is 0 Å². The summed E-state index contributed by atoms with van der Waals surface area (Å²) in [7, 11) is 0. The summed E-state index contributed by atoms with van der Waals surface area (Å²) < 4.78 is 25.8. The minimum absolute atomic E-state index is 0.0109. The van der Waals surface area contributed by atoms with Gasteiger partial charge in [-0.2, -0.15) is 8.78 Å². The molecule has 0 aromatic carbocycles. The topological polar surface area (TPSA) is 20.2 Å². The zero-order chi connectivity index (χ0) is 24.0. The number of aliphatic hydroxyl groups excluding tert-OH is 1. The number of aliphatic hydroxyl groups is 1. The molecule has 0 spiro atoms. The van der Waals surface area contributed by atoms with Gasteiger partial charge in [0.2, 0.25) is 0 Å². The van der Waals surface area contributed by atoms with Crippen LogP contribution in [0.2, 0.25) is 0 Å². The molecule has 0 radical (unpaired) electrons. The zero-order valence-corrected chi connectivity index (χ0v) is 22.0. The standard InChI is InChI=1S/C30H50F2O/c1-19(2)7-6-8-20(3)23-12-13-24-21-9-11-25-22(10-14-28(31)32)27(33)16-18-30(25,5)26(21)15-17-29(23,24)4/h14,19-27,33H,6-13,15-18H2,1-5H3/t20-,21+,22+,23-,24+,25+,26+,27-,29-,30+/m1/s1. The van der Waals surface area contributed by atoms with Crippen LogP contribution in [0.4, 0.5) is 8.78 Å². The van der Waals surface area contributed by atoms with Gasteiger partial charge >= 0.3 is 0 Å². The van der Waals surface area contributed by atoms with Gasteiger partial charge in [0.25, 0.3) is 6.08 Å². The maximum atomic E-state index is 12.9. The molecule has 4 fully saturated rings. The fourth-order valence-electron chi connectivity index (χ4n) is 10.1. The van der Waals surface area contributed by atoms with Gasteiger partial charge in [-0.25, -0.2) is 0 Å². The molecule has 1 N–H and O–H groups in total. The average molecular weight is 465 g/mol. The van der Waals surface area contributed by atoms with E-state index in [-0.39, 0.29) is 11.3 Å². The minimum atomic E-state index is -1.59. The Bertz CT molecular complexity index is 699. The van der Waals surface area contributed by atoms with Crippen molar-refractivity contribution in [2.75, 3.05) is 0 Å². The highest BCUT2D eigenvalue weighted by Gasteiger charge is 2.61. The maximum Gasteiger partial charge on any atom is 0.266 e. The average Bonchev–Trinajstić information content (AvgIpc) is 3.10. The second-order valence-electron chi connectivity index (χ2n) is 13.6. The molecule has 4 aliphatic carbocycles. The highest BCUT2D eigenvalue weighted by Crippen LogP contribution is 2.69. The molecule has 3 heteroatoms. The summed E-state index contributed by atoms with van der Waals surface area (Å²) in [4.78, 5) is 0. The summed E-state index contributed by atoms with van der Waals surface area (Å²) in [5.74, 6) is 5.30. The van der Waals surface area contributed by atoms with Crippen molar-refractivity contribution in [1.82, 2.24) is 0 Å². The predicted octanol–water partition coefficient (Wildman–Crippen LogP) is 8.87. The van der Waals surface area contributed by atoms with Crippen LogP contribution in [0.25, 0.3) is 0 Å². The molecule has 4 saturated carbocycles. The minimum Gasteiger partial charge on any atom is -0.393 e. The molecule has 0 aromatic rings. The summed E-state index contributed by atoms with van der Waals surface area (Å²) in [6, 6.07) is 0. The molecule has 10 atom stereocenters. The molecule has 0 amide bonds. The fourth-order valence-corrected chi connectivity index (χ4v) is 10.1. The van der Waals surface area contributed by atoms with Crippen LogP contribution in [0, 0.1) is 58.2 Å². The number of allylic oxidation sites excluding steroid dienone is 1. The van der Waals surface area contributed by atoms with Crippen molar-refractivity contribution in [2.45, 2.75) is 118 Å². The molecule has 0 aromatic heterocycles. The Kier molecular flexibility index (Phi) is 7.70. The summed E-state index contributed by atoms with van der Waals surface area (Å²) in [5.41, 5.74) is 0.713. The van der Waals surface area contributed by atoms with Crippen LogP contribution in [0.3, 0.4) is 0 Å². The van der Waals surface area contributed by atoms with E-state index in [4.69, 9.17) is 0 Å². The number of halogens is 2. The molecular formula is C30H50F2O. The van der Waals surface area contributed by atoms with Crippen LogP contribution in [-0.4, -0.2) is 11.2 Å². The maximum absolute atomic E-state index is 12.9. The van der Waals surface area contributed by atoms with Crippen molar-refractivity contribution in [3.63, 3.8) is 0 Å². The molecule has 0 bridgehead atoms. The number of fused-ring (bicyclic) bond motifs is 5. The number of hydrogen-bond acceptors (Lipinski definition) is 1. The van der Waals surface area contributed by atoms with E-state index in [0.29, 0.717) is 17.8 Å². The van der Waals surface area contributed by atoms with Crippen LogP contribution >= 0.6 is 0 Å². The first-order valence-electron chi connectivity index (χ1n) is 14.3. The smallest absolute Gasteiger partial charge is 0.266 e. The van der Waals surface area contributed by atoms with E-state index < -0.39 is 12.2 Å². The summed E-state index contributed by atoms with van der Waals surface area (Å²) >= 11 is 0. The quantitative estimate of drug-likeness (QED) is 0.399. The van der Waals surface area contributed by atoms with E-state index in [2.05, 4.69) is 34.6 Å². The van der Waals surface area contributed by atoms with Crippen molar-refractivity contribution in [3.8, 4) is 0 Å². The van der Waals surface area contributed by atoms with Crippen molar-refractivity contribution >= 4 is 0 Å². The Labute approximate surface area is 202 Å². The van der Waals surface area contributed by atoms with Gasteiger partial charge in [0.15, 0.2) is 0 Å². The highest BCUT2D eigenvalue weighted by molar-refractivity contribution is 5.11. The van der Waals surface area contributed by atoms with Crippen LogP contribution in [-0.2, 0) is 0 Å². The molecule has 33 heavy (non-hydrogen) atoms. The molecule has 0 unspecified atom stereocenters. The summed E-state index contributed by atoms with van der Waals surface area (Å²) in [6.07, 6.45) is 13.3. The van der Waals surface area contributed by atoms with Gasteiger partial charge in [-0.1, -0.05) is 53.9 Å². The molecular weight excluding hydrogens is 414 g/mol. The number of rotatable bonds is 7. The largest absolute Gasteiger partial charge is 0.393 e. The Hall–Kier alpha value is -0.440. The first kappa shape index (κ1) is 25.6. The third-order valence-electron chi connectivity index (χ3n) is 11.7. The van der Waals surface area contributed by atoms with Crippen LogP contribution in [0.5, 0.6) is 0 Å². The molecule has 0 saturated heterocycles.